The molecule has 0 bridgehead atoms. The third kappa shape index (κ3) is 0.756. The van der Waals surface area contributed by atoms with Crippen molar-refractivity contribution in [2.24, 2.45) is 7.05 Å². The van der Waals surface area contributed by atoms with Gasteiger partial charge in [-0.25, -0.2) is 4.52 Å². The normalized spacial score (nSPS) is 10.6. The molecule has 4 nitrogen and oxygen atoms in total. The molecule has 0 unspecified atom stereocenters. The molecule has 0 N–H and O–H groups in total. The molecule has 2 aromatic heterocycles. The first-order valence-corrected chi connectivity index (χ1v) is 3.28. The molecular weight excluding hydrogens is 142 g/mol. The van der Waals surface area contributed by atoms with Crippen LogP contribution in [0.15, 0.2) is 29.5 Å². The molecule has 0 aromatic carbocycles. The highest BCUT2D eigenvalue weighted by Gasteiger charge is 1.97. The van der Waals surface area contributed by atoms with E-state index in [1.165, 1.54) is 10.9 Å². The molecule has 4 heteroatoms. The quantitative estimate of drug-likeness (QED) is 0.530. The molecule has 0 aliphatic heterocycles. The smallest absolute Gasteiger partial charge is 0.277 e. The summed E-state index contributed by atoms with van der Waals surface area (Å²) in [5.41, 5.74) is 0.583. The van der Waals surface area contributed by atoms with Crippen molar-refractivity contribution in [1.82, 2.24) is 14.2 Å². The van der Waals surface area contributed by atoms with Gasteiger partial charge in [0.25, 0.3) is 5.56 Å². The number of hydrogen-bond acceptors (Lipinski definition) is 2. The molecular formula is C7H7N3O. The Hall–Kier alpha value is -1.58. The summed E-state index contributed by atoms with van der Waals surface area (Å²) in [4.78, 5) is 11.3. The van der Waals surface area contributed by atoms with E-state index in [9.17, 15) is 4.79 Å². The van der Waals surface area contributed by atoms with E-state index in [4.69, 9.17) is 0 Å². The second-order valence-corrected chi connectivity index (χ2v) is 2.38. The van der Waals surface area contributed by atoms with Gasteiger partial charge in [0.1, 0.15) is 11.8 Å². The first-order chi connectivity index (χ1) is 5.29. The fourth-order valence-electron chi connectivity index (χ4n) is 1.01. The zero-order valence-corrected chi connectivity index (χ0v) is 6.06. The summed E-state index contributed by atoms with van der Waals surface area (Å²) in [6.07, 6.45) is 3.24. The van der Waals surface area contributed by atoms with Crippen LogP contribution in [0.5, 0.6) is 0 Å². The van der Waals surface area contributed by atoms with E-state index in [0.29, 0.717) is 5.52 Å². The third-order valence-corrected chi connectivity index (χ3v) is 1.62. The van der Waals surface area contributed by atoms with Crippen molar-refractivity contribution in [3.8, 4) is 0 Å². The SMILES string of the molecule is Cn1cnn2cccc2c1=O. The molecule has 56 valence electrons. The van der Waals surface area contributed by atoms with Gasteiger partial charge in [-0.3, -0.25) is 9.36 Å². The zero-order valence-electron chi connectivity index (χ0n) is 6.06. The lowest BCUT2D eigenvalue weighted by Crippen LogP contribution is -2.19. The van der Waals surface area contributed by atoms with Crippen molar-refractivity contribution in [1.29, 1.82) is 0 Å². The molecule has 2 aromatic rings. The van der Waals surface area contributed by atoms with E-state index < -0.39 is 0 Å². The topological polar surface area (TPSA) is 39.3 Å². The van der Waals surface area contributed by atoms with E-state index in [1.54, 1.807) is 29.9 Å². The van der Waals surface area contributed by atoms with Crippen LogP contribution in [0.25, 0.3) is 5.52 Å². The number of rotatable bonds is 0. The van der Waals surface area contributed by atoms with E-state index in [-0.39, 0.29) is 5.56 Å². The highest BCUT2D eigenvalue weighted by Crippen LogP contribution is 1.92. The minimum absolute atomic E-state index is 0.0231. The molecule has 0 fully saturated rings. The molecule has 2 rings (SSSR count). The maximum atomic E-state index is 11.3. The van der Waals surface area contributed by atoms with Gasteiger partial charge in [0.15, 0.2) is 0 Å². The zero-order chi connectivity index (χ0) is 7.84. The van der Waals surface area contributed by atoms with Crippen LogP contribution in [0.3, 0.4) is 0 Å². The average molecular weight is 149 g/mol. The van der Waals surface area contributed by atoms with Crippen LogP contribution in [0.2, 0.25) is 0 Å². The minimum atomic E-state index is -0.0231. The van der Waals surface area contributed by atoms with Crippen LogP contribution in [0.4, 0.5) is 0 Å². The molecule has 0 saturated heterocycles. The summed E-state index contributed by atoms with van der Waals surface area (Å²) >= 11 is 0. The Balaban J connectivity index is 3.05. The predicted molar refractivity (Wildman–Crippen MR) is 40.4 cm³/mol. The summed E-state index contributed by atoms with van der Waals surface area (Å²) in [5, 5.41) is 3.98. The Kier molecular flexibility index (Phi) is 1.09. The molecule has 0 amide bonds. The van der Waals surface area contributed by atoms with Crippen LogP contribution >= 0.6 is 0 Å². The second kappa shape index (κ2) is 1.95. The van der Waals surface area contributed by atoms with Gasteiger partial charge >= 0.3 is 0 Å². The Bertz CT molecular complexity index is 440. The lowest BCUT2D eigenvalue weighted by Gasteiger charge is -1.95. The van der Waals surface area contributed by atoms with Crippen LogP contribution < -0.4 is 5.56 Å². The largest absolute Gasteiger partial charge is 0.299 e. The van der Waals surface area contributed by atoms with Crippen LogP contribution in [0, 0.1) is 0 Å². The van der Waals surface area contributed by atoms with E-state index in [2.05, 4.69) is 5.10 Å². The van der Waals surface area contributed by atoms with Crippen molar-refractivity contribution in [3.63, 3.8) is 0 Å². The molecule has 0 saturated carbocycles. The van der Waals surface area contributed by atoms with Gasteiger partial charge in [-0.15, -0.1) is 0 Å². The van der Waals surface area contributed by atoms with Gasteiger partial charge < -0.3 is 0 Å². The van der Waals surface area contributed by atoms with Gasteiger partial charge in [-0.05, 0) is 12.1 Å². The fraction of sp³-hybridized carbons (Fsp3) is 0.143. The molecule has 0 aliphatic carbocycles. The first-order valence-electron chi connectivity index (χ1n) is 3.28. The monoisotopic (exact) mass is 149 g/mol. The highest BCUT2D eigenvalue weighted by atomic mass is 16.1. The lowest BCUT2D eigenvalue weighted by molar-refractivity contribution is 0.764. The van der Waals surface area contributed by atoms with Crippen molar-refractivity contribution < 1.29 is 0 Å². The number of aromatic nitrogens is 3. The standard InChI is InChI=1S/C7H7N3O/c1-9-5-8-10-4-2-3-6(10)7(9)11/h2-5H,1H3. The molecule has 0 aliphatic rings. The molecule has 0 spiro atoms. The molecule has 0 radical (unpaired) electrons. The predicted octanol–water partition coefficient (Wildman–Crippen LogP) is 0.0330. The number of nitrogens with zero attached hydrogens (tertiary/aromatic N) is 3. The van der Waals surface area contributed by atoms with E-state index >= 15 is 0 Å². The van der Waals surface area contributed by atoms with Gasteiger partial charge in [-0.2, -0.15) is 5.10 Å². The Morgan fingerprint density at radius 3 is 3.18 bits per heavy atom. The highest BCUT2D eigenvalue weighted by molar-refractivity contribution is 5.43. The maximum absolute atomic E-state index is 11.3. The van der Waals surface area contributed by atoms with Gasteiger partial charge in [0.05, 0.1) is 0 Å². The molecule has 2 heterocycles. The summed E-state index contributed by atoms with van der Waals surface area (Å²) < 4.78 is 3.01. The third-order valence-electron chi connectivity index (χ3n) is 1.62. The van der Waals surface area contributed by atoms with Gasteiger partial charge in [0.2, 0.25) is 0 Å². The summed E-state index contributed by atoms with van der Waals surface area (Å²) in [6, 6.07) is 3.54. The van der Waals surface area contributed by atoms with Crippen LogP contribution in [0.1, 0.15) is 0 Å². The molecule has 11 heavy (non-hydrogen) atoms. The summed E-state index contributed by atoms with van der Waals surface area (Å²) in [7, 11) is 1.68. The minimum Gasteiger partial charge on any atom is -0.299 e. The summed E-state index contributed by atoms with van der Waals surface area (Å²) in [5.74, 6) is 0. The van der Waals surface area contributed by atoms with Crippen molar-refractivity contribution in [2.75, 3.05) is 0 Å². The van der Waals surface area contributed by atoms with E-state index in [1.807, 2.05) is 0 Å². The Labute approximate surface area is 62.7 Å². The fourth-order valence-corrected chi connectivity index (χ4v) is 1.01. The Morgan fingerprint density at radius 2 is 2.36 bits per heavy atom. The van der Waals surface area contributed by atoms with Crippen LogP contribution in [-0.2, 0) is 7.05 Å². The number of fused-ring (bicyclic) bond motifs is 1. The van der Waals surface area contributed by atoms with Gasteiger partial charge in [0, 0.05) is 13.2 Å². The second-order valence-electron chi connectivity index (χ2n) is 2.38. The van der Waals surface area contributed by atoms with Crippen molar-refractivity contribution in [3.05, 3.63) is 35.0 Å². The van der Waals surface area contributed by atoms with E-state index in [0.717, 1.165) is 0 Å². The number of aryl methyl sites for hydroxylation is 1. The number of hydrogen-bond donors (Lipinski definition) is 0. The summed E-state index contributed by atoms with van der Waals surface area (Å²) in [6.45, 7) is 0. The van der Waals surface area contributed by atoms with Crippen molar-refractivity contribution in [2.45, 2.75) is 0 Å². The lowest BCUT2D eigenvalue weighted by atomic mass is 10.5. The Morgan fingerprint density at radius 1 is 1.55 bits per heavy atom. The van der Waals surface area contributed by atoms with Crippen molar-refractivity contribution >= 4 is 5.52 Å². The van der Waals surface area contributed by atoms with Gasteiger partial charge in [-0.1, -0.05) is 0 Å². The first kappa shape index (κ1) is 6.15. The average Bonchev–Trinajstić information content (AvgIpc) is 2.45. The maximum Gasteiger partial charge on any atom is 0.277 e. The van der Waals surface area contributed by atoms with Crippen LogP contribution in [-0.4, -0.2) is 14.2 Å². The molecule has 0 atom stereocenters.